The predicted octanol–water partition coefficient (Wildman–Crippen LogP) is 6.75. The summed E-state index contributed by atoms with van der Waals surface area (Å²) in [4.78, 5) is 0.317. The van der Waals surface area contributed by atoms with Crippen LogP contribution in [0.4, 0.5) is 0 Å². The minimum absolute atomic E-state index is 0.0116. The first-order valence-electron chi connectivity index (χ1n) is 16.7. The molecule has 3 saturated heterocycles. The monoisotopic (exact) mass is 703 g/mol. The number of ether oxygens (including phenoxy) is 4. The van der Waals surface area contributed by atoms with Crippen molar-refractivity contribution in [1.82, 2.24) is 4.67 Å². The lowest BCUT2D eigenvalue weighted by atomic mass is 9.80. The SMILES string of the molecule is COc1ccc(C(OC[C@H]2OCC[C@@H]2O[P@]2O[C@H](CS(=O)(=O)c3ccccc3)[C@@H]3CCCN32)(c2ccccc2)c2ccc(OC)cc2)cc1. The molecule has 0 N–H and O–H groups in total. The molecule has 0 saturated carbocycles. The topological polar surface area (TPSA) is 92.8 Å². The van der Waals surface area contributed by atoms with E-state index in [1.165, 1.54) is 0 Å². The van der Waals surface area contributed by atoms with Gasteiger partial charge in [0.2, 0.25) is 0 Å². The van der Waals surface area contributed by atoms with Gasteiger partial charge in [-0.05, 0) is 65.9 Å². The zero-order valence-electron chi connectivity index (χ0n) is 27.7. The first-order chi connectivity index (χ1) is 23.9. The fraction of sp³-hybridized carbons (Fsp3) is 0.368. The number of hydrogen-bond donors (Lipinski definition) is 0. The maximum absolute atomic E-state index is 13.3. The molecule has 0 unspecified atom stereocenters. The Labute approximate surface area is 289 Å². The molecule has 0 spiro atoms. The molecule has 4 aromatic rings. The van der Waals surface area contributed by atoms with E-state index in [4.69, 9.17) is 28.0 Å². The molecule has 3 aliphatic rings. The first-order valence-corrected chi connectivity index (χ1v) is 19.5. The van der Waals surface area contributed by atoms with Gasteiger partial charge in [0.1, 0.15) is 23.2 Å². The van der Waals surface area contributed by atoms with E-state index in [0.29, 0.717) is 17.9 Å². The molecule has 0 radical (unpaired) electrons. The van der Waals surface area contributed by atoms with Crippen LogP contribution in [-0.2, 0) is 34.0 Å². The van der Waals surface area contributed by atoms with Gasteiger partial charge in [0.15, 0.2) is 9.84 Å². The molecule has 0 aliphatic carbocycles. The van der Waals surface area contributed by atoms with Crippen molar-refractivity contribution in [2.24, 2.45) is 0 Å². The highest BCUT2D eigenvalue weighted by Crippen LogP contribution is 2.57. The normalized spacial score (nSPS) is 24.2. The molecule has 11 heteroatoms. The smallest absolute Gasteiger partial charge is 0.259 e. The summed E-state index contributed by atoms with van der Waals surface area (Å²) in [5.74, 6) is 1.43. The minimum Gasteiger partial charge on any atom is -0.497 e. The van der Waals surface area contributed by atoms with Gasteiger partial charge in [-0.25, -0.2) is 13.1 Å². The molecule has 9 nitrogen and oxygen atoms in total. The summed E-state index contributed by atoms with van der Waals surface area (Å²) in [6.07, 6.45) is 1.46. The predicted molar refractivity (Wildman–Crippen MR) is 188 cm³/mol. The Morgan fingerprint density at radius 2 is 1.37 bits per heavy atom. The Bertz CT molecular complexity index is 1730. The summed E-state index contributed by atoms with van der Waals surface area (Å²) in [6, 6.07) is 34.7. The lowest BCUT2D eigenvalue weighted by Crippen LogP contribution is -2.38. The second kappa shape index (κ2) is 14.9. The Hall–Kier alpha value is -3.34. The van der Waals surface area contributed by atoms with Gasteiger partial charge in [-0.1, -0.05) is 72.8 Å². The van der Waals surface area contributed by atoms with Crippen LogP contribution in [0.5, 0.6) is 11.5 Å². The van der Waals surface area contributed by atoms with E-state index in [-0.39, 0.29) is 30.6 Å². The van der Waals surface area contributed by atoms with Crippen molar-refractivity contribution in [2.75, 3.05) is 39.7 Å². The summed E-state index contributed by atoms with van der Waals surface area (Å²) in [7, 11) is -1.67. The van der Waals surface area contributed by atoms with Crippen LogP contribution in [0.25, 0.3) is 0 Å². The summed E-state index contributed by atoms with van der Waals surface area (Å²) in [5, 5.41) is 0. The molecule has 0 amide bonds. The second-order valence-corrected chi connectivity index (χ2v) is 16.0. The van der Waals surface area contributed by atoms with E-state index >= 15 is 0 Å². The third-order valence-corrected chi connectivity index (χ3v) is 13.2. The molecular formula is C38H42NO8PS. The van der Waals surface area contributed by atoms with Gasteiger partial charge in [-0.2, -0.15) is 0 Å². The van der Waals surface area contributed by atoms with Gasteiger partial charge in [0.05, 0.1) is 43.7 Å². The number of nitrogens with zero attached hydrogens (tertiary/aromatic N) is 1. The third-order valence-electron chi connectivity index (χ3n) is 9.63. The van der Waals surface area contributed by atoms with Crippen molar-refractivity contribution in [3.8, 4) is 11.5 Å². The van der Waals surface area contributed by atoms with E-state index in [2.05, 4.69) is 16.8 Å². The molecule has 3 fully saturated rings. The van der Waals surface area contributed by atoms with Crippen LogP contribution in [0.1, 0.15) is 36.0 Å². The molecule has 5 atom stereocenters. The minimum atomic E-state index is -3.51. The summed E-state index contributed by atoms with van der Waals surface area (Å²) < 4.78 is 66.4. The fourth-order valence-electron chi connectivity index (χ4n) is 7.07. The Balaban J connectivity index is 1.14. The van der Waals surface area contributed by atoms with Gasteiger partial charge < -0.3 is 28.0 Å². The number of methoxy groups -OCH3 is 2. The van der Waals surface area contributed by atoms with Crippen molar-refractivity contribution in [3.05, 3.63) is 126 Å². The average Bonchev–Trinajstić information content (AvgIpc) is 3.89. The van der Waals surface area contributed by atoms with Gasteiger partial charge in [-0.3, -0.25) is 0 Å². The zero-order valence-corrected chi connectivity index (χ0v) is 29.4. The fourth-order valence-corrected chi connectivity index (χ4v) is 10.7. The van der Waals surface area contributed by atoms with Gasteiger partial charge in [0.25, 0.3) is 8.53 Å². The van der Waals surface area contributed by atoms with Gasteiger partial charge in [-0.15, -0.1) is 0 Å². The van der Waals surface area contributed by atoms with Crippen molar-refractivity contribution >= 4 is 18.4 Å². The number of rotatable bonds is 13. The molecule has 3 heterocycles. The lowest BCUT2D eigenvalue weighted by Gasteiger charge is -2.37. The van der Waals surface area contributed by atoms with Crippen LogP contribution >= 0.6 is 8.53 Å². The number of fused-ring (bicyclic) bond motifs is 1. The Morgan fingerprint density at radius 1 is 0.776 bits per heavy atom. The molecular weight excluding hydrogens is 661 g/mol. The van der Waals surface area contributed by atoms with Crippen LogP contribution in [0.2, 0.25) is 0 Å². The number of hydrogen-bond acceptors (Lipinski definition) is 9. The molecule has 0 bridgehead atoms. The first kappa shape index (κ1) is 34.1. The zero-order chi connectivity index (χ0) is 33.8. The maximum Gasteiger partial charge on any atom is 0.259 e. The number of sulfone groups is 1. The standard InChI is InChI=1S/C38H42NO8PS/c1-42-31-19-15-29(16-20-31)38(28-10-5-3-6-11-28,30-17-21-32(43-2)22-18-30)45-26-36-35(23-25-44-36)46-48-39-24-9-14-34(39)37(47-48)27-49(40,41)33-12-7-4-8-13-33/h3-8,10-13,15-22,34-37H,9,14,23-27H2,1-2H3/t34-,35-,36+,37+,48+/m0/s1. The van der Waals surface area contributed by atoms with Gasteiger partial charge in [0, 0.05) is 25.6 Å². The average molecular weight is 704 g/mol. The van der Waals surface area contributed by atoms with Crippen molar-refractivity contribution in [1.29, 1.82) is 0 Å². The molecule has 3 aliphatic heterocycles. The third kappa shape index (κ3) is 7.01. The van der Waals surface area contributed by atoms with Crippen LogP contribution < -0.4 is 9.47 Å². The van der Waals surface area contributed by atoms with Gasteiger partial charge >= 0.3 is 0 Å². The summed E-state index contributed by atoms with van der Waals surface area (Å²) >= 11 is 0. The van der Waals surface area contributed by atoms with Crippen molar-refractivity contribution < 1.29 is 36.4 Å². The molecule has 7 rings (SSSR count). The Kier molecular flexibility index (Phi) is 10.4. The van der Waals surface area contributed by atoms with Crippen LogP contribution in [-0.4, -0.2) is 77.2 Å². The molecule has 258 valence electrons. The van der Waals surface area contributed by atoms with E-state index in [9.17, 15) is 8.42 Å². The summed E-state index contributed by atoms with van der Waals surface area (Å²) in [5.41, 5.74) is 1.85. The quantitative estimate of drug-likeness (QED) is 0.111. The lowest BCUT2D eigenvalue weighted by molar-refractivity contribution is -0.0664. The highest BCUT2D eigenvalue weighted by Gasteiger charge is 2.50. The Morgan fingerprint density at radius 3 is 1.98 bits per heavy atom. The maximum atomic E-state index is 13.3. The highest BCUT2D eigenvalue weighted by atomic mass is 32.2. The van der Waals surface area contributed by atoms with Crippen LogP contribution in [0.3, 0.4) is 0 Å². The molecule has 0 aromatic heterocycles. The molecule has 4 aromatic carbocycles. The number of benzene rings is 4. The highest BCUT2D eigenvalue weighted by molar-refractivity contribution is 7.91. The van der Waals surface area contributed by atoms with E-state index < -0.39 is 30.1 Å². The second-order valence-electron chi connectivity index (χ2n) is 12.5. The van der Waals surface area contributed by atoms with Crippen molar-refractivity contribution in [2.45, 2.75) is 54.1 Å². The van der Waals surface area contributed by atoms with Crippen LogP contribution in [0.15, 0.2) is 114 Å². The summed E-state index contributed by atoms with van der Waals surface area (Å²) in [6.45, 7) is 1.59. The van der Waals surface area contributed by atoms with E-state index in [1.807, 2.05) is 72.8 Å². The van der Waals surface area contributed by atoms with Crippen LogP contribution in [0, 0.1) is 0 Å². The van der Waals surface area contributed by atoms with Crippen molar-refractivity contribution in [3.63, 3.8) is 0 Å². The van der Waals surface area contributed by atoms with E-state index in [0.717, 1.165) is 47.6 Å². The molecule has 49 heavy (non-hydrogen) atoms. The largest absolute Gasteiger partial charge is 0.497 e. The van der Waals surface area contributed by atoms with E-state index in [1.54, 1.807) is 38.5 Å².